The molecule has 0 saturated carbocycles. The highest BCUT2D eigenvalue weighted by atomic mass is 16.3. The van der Waals surface area contributed by atoms with E-state index in [1.807, 2.05) is 13.0 Å². The molecule has 1 aromatic carbocycles. The van der Waals surface area contributed by atoms with Gasteiger partial charge in [-0.1, -0.05) is 6.92 Å². The van der Waals surface area contributed by atoms with E-state index in [9.17, 15) is 5.11 Å². The summed E-state index contributed by atoms with van der Waals surface area (Å²) in [4.78, 5) is 0. The van der Waals surface area contributed by atoms with Gasteiger partial charge in [-0.15, -0.1) is 0 Å². The van der Waals surface area contributed by atoms with E-state index in [0.717, 1.165) is 24.2 Å². The number of aromatic hydroxyl groups is 1. The number of hydrogen-bond acceptors (Lipinski definition) is 2. The van der Waals surface area contributed by atoms with E-state index in [1.165, 1.54) is 0 Å². The van der Waals surface area contributed by atoms with Gasteiger partial charge >= 0.3 is 0 Å². The number of nitrogens with one attached hydrogen (secondary N) is 1. The van der Waals surface area contributed by atoms with E-state index in [2.05, 4.69) is 12.2 Å². The standard InChI is InChI=1S/C10H15NO/c1-3-4-11-9-5-8(2)6-10(12)7-9/h5-7,11-12H,3-4H2,1-2H3. The van der Waals surface area contributed by atoms with Crippen LogP contribution in [0.5, 0.6) is 5.75 Å². The van der Waals surface area contributed by atoms with Crippen molar-refractivity contribution in [2.75, 3.05) is 11.9 Å². The third kappa shape index (κ3) is 2.46. The van der Waals surface area contributed by atoms with Crippen molar-refractivity contribution in [1.29, 1.82) is 0 Å². The zero-order valence-electron chi connectivity index (χ0n) is 7.59. The maximum Gasteiger partial charge on any atom is 0.117 e. The van der Waals surface area contributed by atoms with Crippen molar-refractivity contribution in [1.82, 2.24) is 0 Å². The largest absolute Gasteiger partial charge is 0.508 e. The normalized spacial score (nSPS) is 9.83. The molecular weight excluding hydrogens is 150 g/mol. The smallest absolute Gasteiger partial charge is 0.117 e. The monoisotopic (exact) mass is 165 g/mol. The minimum atomic E-state index is 0.327. The van der Waals surface area contributed by atoms with E-state index < -0.39 is 0 Å². The van der Waals surface area contributed by atoms with Crippen LogP contribution in [0.3, 0.4) is 0 Å². The van der Waals surface area contributed by atoms with Crippen molar-refractivity contribution in [3.05, 3.63) is 23.8 Å². The molecule has 2 heteroatoms. The van der Waals surface area contributed by atoms with Crippen LogP contribution in [0.25, 0.3) is 0 Å². The van der Waals surface area contributed by atoms with Crippen molar-refractivity contribution in [3.8, 4) is 5.75 Å². The number of rotatable bonds is 3. The summed E-state index contributed by atoms with van der Waals surface area (Å²) in [6.45, 7) is 5.03. The number of hydrogen-bond donors (Lipinski definition) is 2. The summed E-state index contributed by atoms with van der Waals surface area (Å²) in [6.07, 6.45) is 1.09. The van der Waals surface area contributed by atoms with Crippen LogP contribution < -0.4 is 5.32 Å². The van der Waals surface area contributed by atoms with Gasteiger partial charge in [0.1, 0.15) is 5.75 Å². The highest BCUT2D eigenvalue weighted by Crippen LogP contribution is 2.18. The van der Waals surface area contributed by atoms with Gasteiger partial charge in [-0.2, -0.15) is 0 Å². The molecule has 0 radical (unpaired) electrons. The molecule has 66 valence electrons. The highest BCUT2D eigenvalue weighted by Gasteiger charge is 1.94. The molecule has 0 aliphatic rings. The molecule has 0 unspecified atom stereocenters. The summed E-state index contributed by atoms with van der Waals surface area (Å²) in [5.41, 5.74) is 2.07. The number of benzene rings is 1. The van der Waals surface area contributed by atoms with Crippen LogP contribution in [0.1, 0.15) is 18.9 Å². The molecule has 1 aromatic rings. The SMILES string of the molecule is CCCNc1cc(C)cc(O)c1. The molecule has 0 aliphatic heterocycles. The molecular formula is C10H15NO. The summed E-state index contributed by atoms with van der Waals surface area (Å²) in [5.74, 6) is 0.327. The van der Waals surface area contributed by atoms with Crippen LogP contribution in [0.15, 0.2) is 18.2 Å². The molecule has 0 aromatic heterocycles. The fourth-order valence-corrected chi connectivity index (χ4v) is 1.13. The molecule has 1 rings (SSSR count). The van der Waals surface area contributed by atoms with Gasteiger partial charge in [0, 0.05) is 18.3 Å². The maximum atomic E-state index is 9.25. The lowest BCUT2D eigenvalue weighted by atomic mass is 10.2. The molecule has 0 fully saturated rings. The predicted octanol–water partition coefficient (Wildman–Crippen LogP) is 2.52. The third-order valence-corrected chi connectivity index (χ3v) is 1.64. The molecule has 0 saturated heterocycles. The van der Waals surface area contributed by atoms with Crippen LogP contribution in [0.4, 0.5) is 5.69 Å². The third-order valence-electron chi connectivity index (χ3n) is 1.64. The number of aryl methyl sites for hydroxylation is 1. The Bertz CT molecular complexity index is 238. The molecule has 2 nitrogen and oxygen atoms in total. The van der Waals surface area contributed by atoms with Gasteiger partial charge in [0.05, 0.1) is 0 Å². The van der Waals surface area contributed by atoms with Crippen molar-refractivity contribution < 1.29 is 5.11 Å². The van der Waals surface area contributed by atoms with Gasteiger partial charge in [0.15, 0.2) is 0 Å². The highest BCUT2D eigenvalue weighted by molar-refractivity contribution is 5.50. The minimum absolute atomic E-state index is 0.327. The average molecular weight is 165 g/mol. The second kappa shape index (κ2) is 4.00. The Labute approximate surface area is 73.2 Å². The van der Waals surface area contributed by atoms with Gasteiger partial charge in [-0.3, -0.25) is 0 Å². The van der Waals surface area contributed by atoms with E-state index in [-0.39, 0.29) is 0 Å². The van der Waals surface area contributed by atoms with E-state index in [4.69, 9.17) is 0 Å². The first-order chi connectivity index (χ1) is 5.72. The Morgan fingerprint density at radius 3 is 2.67 bits per heavy atom. The first-order valence-electron chi connectivity index (χ1n) is 4.27. The predicted molar refractivity (Wildman–Crippen MR) is 51.6 cm³/mol. The summed E-state index contributed by atoms with van der Waals surface area (Å²) < 4.78 is 0. The van der Waals surface area contributed by atoms with Gasteiger partial charge in [0.25, 0.3) is 0 Å². The van der Waals surface area contributed by atoms with Gasteiger partial charge in [-0.05, 0) is 31.0 Å². The Balaban J connectivity index is 2.72. The van der Waals surface area contributed by atoms with E-state index in [0.29, 0.717) is 5.75 Å². The molecule has 0 spiro atoms. The topological polar surface area (TPSA) is 32.3 Å². The lowest BCUT2D eigenvalue weighted by Gasteiger charge is -2.05. The van der Waals surface area contributed by atoms with E-state index in [1.54, 1.807) is 12.1 Å². The van der Waals surface area contributed by atoms with E-state index >= 15 is 0 Å². The van der Waals surface area contributed by atoms with Gasteiger partial charge < -0.3 is 10.4 Å². The Morgan fingerprint density at radius 1 is 1.33 bits per heavy atom. The molecule has 0 atom stereocenters. The van der Waals surface area contributed by atoms with Crippen molar-refractivity contribution in [2.24, 2.45) is 0 Å². The molecule has 0 heterocycles. The summed E-state index contributed by atoms with van der Waals surface area (Å²) in [7, 11) is 0. The average Bonchev–Trinajstić information content (AvgIpc) is 1.99. The zero-order chi connectivity index (χ0) is 8.97. The minimum Gasteiger partial charge on any atom is -0.508 e. The van der Waals surface area contributed by atoms with Crippen LogP contribution in [-0.4, -0.2) is 11.7 Å². The summed E-state index contributed by atoms with van der Waals surface area (Å²) in [6, 6.07) is 5.51. The number of anilines is 1. The second-order valence-electron chi connectivity index (χ2n) is 2.98. The second-order valence-corrected chi connectivity index (χ2v) is 2.98. The van der Waals surface area contributed by atoms with Crippen molar-refractivity contribution >= 4 is 5.69 Å². The van der Waals surface area contributed by atoms with Gasteiger partial charge in [-0.25, -0.2) is 0 Å². The summed E-state index contributed by atoms with van der Waals surface area (Å²) in [5, 5.41) is 12.5. The lowest BCUT2D eigenvalue weighted by molar-refractivity contribution is 0.475. The van der Waals surface area contributed by atoms with Crippen LogP contribution in [0, 0.1) is 6.92 Å². The first-order valence-corrected chi connectivity index (χ1v) is 4.27. The Morgan fingerprint density at radius 2 is 2.08 bits per heavy atom. The maximum absolute atomic E-state index is 9.25. The van der Waals surface area contributed by atoms with Crippen molar-refractivity contribution in [2.45, 2.75) is 20.3 Å². The van der Waals surface area contributed by atoms with Crippen LogP contribution in [0.2, 0.25) is 0 Å². The lowest BCUT2D eigenvalue weighted by Crippen LogP contribution is -1.99. The molecule has 0 bridgehead atoms. The molecule has 12 heavy (non-hydrogen) atoms. The van der Waals surface area contributed by atoms with Gasteiger partial charge in [0.2, 0.25) is 0 Å². The fourth-order valence-electron chi connectivity index (χ4n) is 1.13. The number of phenols is 1. The Hall–Kier alpha value is -1.18. The summed E-state index contributed by atoms with van der Waals surface area (Å²) >= 11 is 0. The molecule has 0 aliphatic carbocycles. The Kier molecular flexibility index (Phi) is 2.97. The molecule has 2 N–H and O–H groups in total. The quantitative estimate of drug-likeness (QED) is 0.721. The molecule has 0 amide bonds. The van der Waals surface area contributed by atoms with Crippen LogP contribution >= 0.6 is 0 Å². The number of phenolic OH excluding ortho intramolecular Hbond substituents is 1. The fraction of sp³-hybridized carbons (Fsp3) is 0.400. The first kappa shape index (κ1) is 8.91. The van der Waals surface area contributed by atoms with Crippen molar-refractivity contribution in [3.63, 3.8) is 0 Å². The zero-order valence-corrected chi connectivity index (χ0v) is 7.59. The van der Waals surface area contributed by atoms with Crippen LogP contribution in [-0.2, 0) is 0 Å².